The number of amides is 1. The summed E-state index contributed by atoms with van der Waals surface area (Å²) < 4.78 is 54.8. The molecule has 11 heteroatoms. The second kappa shape index (κ2) is 11.0. The first kappa shape index (κ1) is 25.2. The van der Waals surface area contributed by atoms with Gasteiger partial charge in [-0.25, -0.2) is 16.8 Å². The summed E-state index contributed by atoms with van der Waals surface area (Å²) in [5, 5.41) is 2.73. The molecule has 2 aromatic carbocycles. The predicted molar refractivity (Wildman–Crippen MR) is 123 cm³/mol. The number of benzene rings is 2. The van der Waals surface area contributed by atoms with Crippen LogP contribution >= 0.6 is 11.8 Å². The Labute approximate surface area is 188 Å². The number of rotatable bonds is 11. The molecule has 0 aliphatic rings. The van der Waals surface area contributed by atoms with Crippen molar-refractivity contribution < 1.29 is 26.4 Å². The van der Waals surface area contributed by atoms with Crippen molar-refractivity contribution in [1.82, 2.24) is 4.31 Å². The maximum absolute atomic E-state index is 12.8. The molecule has 0 spiro atoms. The van der Waals surface area contributed by atoms with Gasteiger partial charge in [0, 0.05) is 17.7 Å². The fraction of sp³-hybridized carbons (Fsp3) is 0.350. The van der Waals surface area contributed by atoms with Crippen molar-refractivity contribution in [3.05, 3.63) is 48.5 Å². The molecule has 0 aromatic heterocycles. The zero-order valence-electron chi connectivity index (χ0n) is 17.6. The third kappa shape index (κ3) is 7.23. The van der Waals surface area contributed by atoms with Crippen molar-refractivity contribution in [3.8, 4) is 5.75 Å². The van der Waals surface area contributed by atoms with E-state index in [1.165, 1.54) is 43.1 Å². The zero-order valence-corrected chi connectivity index (χ0v) is 20.0. The molecule has 0 aliphatic carbocycles. The summed E-state index contributed by atoms with van der Waals surface area (Å²) >= 11 is 1.48. The van der Waals surface area contributed by atoms with Crippen molar-refractivity contribution >= 4 is 43.2 Å². The minimum Gasteiger partial charge on any atom is -0.493 e. The number of para-hydroxylation sites is 1. The lowest BCUT2D eigenvalue weighted by atomic mass is 10.3. The number of ether oxygens (including phenoxy) is 1. The molecule has 0 atom stereocenters. The van der Waals surface area contributed by atoms with Gasteiger partial charge in [0.05, 0.1) is 22.9 Å². The van der Waals surface area contributed by atoms with Crippen LogP contribution in [-0.2, 0) is 24.7 Å². The van der Waals surface area contributed by atoms with E-state index in [9.17, 15) is 21.6 Å². The highest BCUT2D eigenvalue weighted by molar-refractivity contribution is 7.98. The SMILES string of the molecule is CCS(=O)(=O)CCOc1ccc(S(=O)(=O)N(C)CC(=O)Nc2ccccc2SC)cc1. The van der Waals surface area contributed by atoms with Gasteiger partial charge < -0.3 is 10.1 Å². The molecule has 0 aliphatic heterocycles. The number of carbonyl (C=O) groups excluding carboxylic acids is 1. The number of anilines is 1. The molecule has 31 heavy (non-hydrogen) atoms. The molecule has 0 fully saturated rings. The van der Waals surface area contributed by atoms with Crippen LogP contribution in [0.4, 0.5) is 5.69 Å². The molecule has 2 rings (SSSR count). The lowest BCUT2D eigenvalue weighted by molar-refractivity contribution is -0.116. The number of carbonyl (C=O) groups is 1. The standard InChI is InChI=1S/C20H26N2O6S3/c1-4-30(24,25)14-13-28-16-9-11-17(12-10-16)31(26,27)22(2)15-20(23)21-18-7-5-6-8-19(18)29-3/h5-12H,4,13-15H2,1-3H3,(H,21,23). The second-order valence-corrected chi connectivity index (χ2v) is 11.9. The molecule has 2 aromatic rings. The summed E-state index contributed by atoms with van der Waals surface area (Å²) in [6, 6.07) is 12.9. The van der Waals surface area contributed by atoms with Gasteiger partial charge in [-0.15, -0.1) is 11.8 Å². The highest BCUT2D eigenvalue weighted by Gasteiger charge is 2.23. The van der Waals surface area contributed by atoms with Gasteiger partial charge in [-0.05, 0) is 42.7 Å². The van der Waals surface area contributed by atoms with E-state index in [1.54, 1.807) is 19.1 Å². The summed E-state index contributed by atoms with van der Waals surface area (Å²) in [6.07, 6.45) is 1.89. The number of sulfonamides is 1. The second-order valence-electron chi connectivity index (χ2n) is 6.57. The van der Waals surface area contributed by atoms with Crippen molar-refractivity contribution in [3.63, 3.8) is 0 Å². The normalized spacial score (nSPS) is 12.0. The van der Waals surface area contributed by atoms with Crippen LogP contribution in [0.2, 0.25) is 0 Å². The van der Waals surface area contributed by atoms with Crippen molar-refractivity contribution in [1.29, 1.82) is 0 Å². The largest absolute Gasteiger partial charge is 0.493 e. The highest BCUT2D eigenvalue weighted by atomic mass is 32.2. The van der Waals surface area contributed by atoms with Crippen LogP contribution < -0.4 is 10.1 Å². The van der Waals surface area contributed by atoms with Gasteiger partial charge in [0.25, 0.3) is 0 Å². The van der Waals surface area contributed by atoms with Crippen LogP contribution in [-0.4, -0.2) is 65.0 Å². The van der Waals surface area contributed by atoms with Crippen LogP contribution in [0.1, 0.15) is 6.92 Å². The van der Waals surface area contributed by atoms with Crippen LogP contribution in [0.3, 0.4) is 0 Å². The molecule has 0 bridgehead atoms. The number of hydrogen-bond acceptors (Lipinski definition) is 7. The highest BCUT2D eigenvalue weighted by Crippen LogP contribution is 2.25. The average Bonchev–Trinajstić information content (AvgIpc) is 2.74. The summed E-state index contributed by atoms with van der Waals surface area (Å²) in [4.78, 5) is 13.2. The van der Waals surface area contributed by atoms with Crippen molar-refractivity contribution in [2.75, 3.05) is 43.3 Å². The fourth-order valence-electron chi connectivity index (χ4n) is 2.54. The van der Waals surface area contributed by atoms with E-state index < -0.39 is 25.8 Å². The molecule has 0 radical (unpaired) electrons. The molecular formula is C20H26N2O6S3. The van der Waals surface area contributed by atoms with E-state index in [4.69, 9.17) is 4.74 Å². The summed E-state index contributed by atoms with van der Waals surface area (Å²) in [6.45, 7) is 1.20. The number of sulfone groups is 1. The maximum Gasteiger partial charge on any atom is 0.243 e. The molecular weight excluding hydrogens is 460 g/mol. The van der Waals surface area contributed by atoms with Crippen molar-refractivity contribution in [2.45, 2.75) is 16.7 Å². The Hall–Kier alpha value is -2.08. The monoisotopic (exact) mass is 486 g/mol. The Morgan fingerprint density at radius 1 is 1.06 bits per heavy atom. The first-order valence-corrected chi connectivity index (χ1v) is 13.9. The third-order valence-electron chi connectivity index (χ3n) is 4.38. The smallest absolute Gasteiger partial charge is 0.243 e. The number of nitrogens with one attached hydrogen (secondary N) is 1. The molecule has 1 N–H and O–H groups in total. The first-order valence-electron chi connectivity index (χ1n) is 9.41. The van der Waals surface area contributed by atoms with Gasteiger partial charge in [0.15, 0.2) is 9.84 Å². The lowest BCUT2D eigenvalue weighted by Crippen LogP contribution is -2.35. The minimum atomic E-state index is -3.89. The molecule has 170 valence electrons. The number of thioether (sulfide) groups is 1. The van der Waals surface area contributed by atoms with E-state index in [1.807, 2.05) is 18.4 Å². The quantitative estimate of drug-likeness (QED) is 0.486. The van der Waals surface area contributed by atoms with Gasteiger partial charge in [0.2, 0.25) is 15.9 Å². The van der Waals surface area contributed by atoms with Crippen LogP contribution in [0, 0.1) is 0 Å². The van der Waals surface area contributed by atoms with Crippen LogP contribution in [0.15, 0.2) is 58.3 Å². The van der Waals surface area contributed by atoms with Crippen molar-refractivity contribution in [2.24, 2.45) is 0 Å². The third-order valence-corrected chi connectivity index (χ3v) is 8.66. The molecule has 0 heterocycles. The van der Waals surface area contributed by atoms with E-state index >= 15 is 0 Å². The molecule has 1 amide bonds. The van der Waals surface area contributed by atoms with E-state index in [0.717, 1.165) is 9.20 Å². The zero-order chi connectivity index (χ0) is 23.1. The fourth-order valence-corrected chi connectivity index (χ4v) is 4.85. The number of likely N-dealkylation sites (N-methyl/N-ethyl adjacent to an activating group) is 1. The Kier molecular flexibility index (Phi) is 8.92. The van der Waals surface area contributed by atoms with Gasteiger partial charge in [-0.1, -0.05) is 19.1 Å². The maximum atomic E-state index is 12.8. The summed E-state index contributed by atoms with van der Waals surface area (Å²) in [5.74, 6) is -0.166. The van der Waals surface area contributed by atoms with E-state index in [-0.39, 0.29) is 29.6 Å². The predicted octanol–water partition coefficient (Wildman–Crippen LogP) is 2.48. The lowest BCUT2D eigenvalue weighted by Gasteiger charge is -2.18. The Bertz CT molecular complexity index is 1100. The Balaban J connectivity index is 1.99. The molecule has 8 nitrogen and oxygen atoms in total. The van der Waals surface area contributed by atoms with Crippen LogP contribution in [0.5, 0.6) is 5.75 Å². The molecule has 0 saturated heterocycles. The van der Waals surface area contributed by atoms with Crippen LogP contribution in [0.25, 0.3) is 0 Å². The number of hydrogen-bond donors (Lipinski definition) is 1. The molecule has 0 unspecified atom stereocenters. The summed E-state index contributed by atoms with van der Waals surface area (Å²) in [5.41, 5.74) is 0.623. The first-order chi connectivity index (χ1) is 14.6. The van der Waals surface area contributed by atoms with E-state index in [0.29, 0.717) is 11.4 Å². The number of nitrogens with zero attached hydrogens (tertiary/aromatic N) is 1. The Morgan fingerprint density at radius 3 is 2.32 bits per heavy atom. The average molecular weight is 487 g/mol. The van der Waals surface area contributed by atoms with Gasteiger partial charge in [-0.2, -0.15) is 4.31 Å². The van der Waals surface area contributed by atoms with Gasteiger partial charge in [-0.3, -0.25) is 4.79 Å². The minimum absolute atomic E-state index is 0.000781. The Morgan fingerprint density at radius 2 is 1.71 bits per heavy atom. The van der Waals surface area contributed by atoms with Gasteiger partial charge >= 0.3 is 0 Å². The summed E-state index contributed by atoms with van der Waals surface area (Å²) in [7, 11) is -5.70. The topological polar surface area (TPSA) is 110 Å². The van der Waals surface area contributed by atoms with Gasteiger partial charge in [0.1, 0.15) is 12.4 Å². The molecule has 0 saturated carbocycles. The van der Waals surface area contributed by atoms with E-state index in [2.05, 4.69) is 5.32 Å².